The Hall–Kier alpha value is -1.33. The molecule has 0 fully saturated rings. The summed E-state index contributed by atoms with van der Waals surface area (Å²) in [6, 6.07) is 5.57. The summed E-state index contributed by atoms with van der Waals surface area (Å²) in [7, 11) is 0. The lowest BCUT2D eigenvalue weighted by Gasteiger charge is -2.06. The molecule has 0 saturated carbocycles. The Morgan fingerprint density at radius 3 is 2.53 bits per heavy atom. The molecule has 0 aliphatic heterocycles. The van der Waals surface area contributed by atoms with Crippen molar-refractivity contribution in [2.45, 2.75) is 25.8 Å². The third-order valence-corrected chi connectivity index (χ3v) is 4.14. The first kappa shape index (κ1) is 14.1. The van der Waals surface area contributed by atoms with Gasteiger partial charge < -0.3 is 5.73 Å². The fourth-order valence-corrected chi connectivity index (χ4v) is 2.93. The van der Waals surface area contributed by atoms with Crippen molar-refractivity contribution in [2.24, 2.45) is 5.73 Å². The van der Waals surface area contributed by atoms with Gasteiger partial charge in [0, 0.05) is 21.4 Å². The van der Waals surface area contributed by atoms with Gasteiger partial charge in [-0.3, -0.25) is 0 Å². The van der Waals surface area contributed by atoms with Gasteiger partial charge in [-0.2, -0.15) is 0 Å². The van der Waals surface area contributed by atoms with Gasteiger partial charge in [0.2, 0.25) is 0 Å². The molecule has 1 aromatic heterocycles. The van der Waals surface area contributed by atoms with Crippen LogP contribution in [0.5, 0.6) is 0 Å². The van der Waals surface area contributed by atoms with Crippen LogP contribution in [0.1, 0.15) is 30.7 Å². The fraction of sp³-hybridized carbons (Fsp3) is 0.286. The molecule has 0 amide bonds. The zero-order chi connectivity index (χ0) is 14.0. The minimum Gasteiger partial charge on any atom is -0.323 e. The van der Waals surface area contributed by atoms with Crippen LogP contribution in [-0.2, 0) is 0 Å². The van der Waals surface area contributed by atoms with E-state index in [0.29, 0.717) is 4.88 Å². The summed E-state index contributed by atoms with van der Waals surface area (Å²) < 4.78 is 39.7. The minimum atomic E-state index is -1.44. The molecule has 1 heterocycles. The Morgan fingerprint density at radius 1 is 1.11 bits per heavy atom. The summed E-state index contributed by atoms with van der Waals surface area (Å²) in [5.74, 6) is -3.77. The van der Waals surface area contributed by atoms with Crippen LogP contribution in [0.4, 0.5) is 13.2 Å². The van der Waals surface area contributed by atoms with Crippen molar-refractivity contribution in [3.05, 3.63) is 46.6 Å². The quantitative estimate of drug-likeness (QED) is 0.814. The topological polar surface area (TPSA) is 26.0 Å². The van der Waals surface area contributed by atoms with Crippen molar-refractivity contribution in [2.75, 3.05) is 0 Å². The molecule has 1 unspecified atom stereocenters. The molecule has 1 nitrogen and oxygen atoms in total. The Labute approximate surface area is 113 Å². The number of rotatable bonds is 4. The highest BCUT2D eigenvalue weighted by molar-refractivity contribution is 7.15. The number of halogens is 3. The van der Waals surface area contributed by atoms with Gasteiger partial charge in [0.1, 0.15) is 0 Å². The van der Waals surface area contributed by atoms with Gasteiger partial charge in [-0.15, -0.1) is 11.3 Å². The predicted octanol–water partition coefficient (Wildman–Crippen LogP) is 4.63. The second kappa shape index (κ2) is 5.75. The minimum absolute atomic E-state index is 0.0684. The van der Waals surface area contributed by atoms with Crippen LogP contribution in [0.25, 0.3) is 10.4 Å². The molecule has 2 aromatic rings. The molecule has 0 radical (unpaired) electrons. The Morgan fingerprint density at radius 2 is 1.84 bits per heavy atom. The summed E-state index contributed by atoms with van der Waals surface area (Å²) in [4.78, 5) is 1.47. The SMILES string of the molecule is CCCC(N)c1ccc(-c2ccc(F)c(F)c2F)s1. The van der Waals surface area contributed by atoms with Crippen molar-refractivity contribution in [3.8, 4) is 10.4 Å². The van der Waals surface area contributed by atoms with Crippen molar-refractivity contribution in [1.82, 2.24) is 0 Å². The zero-order valence-corrected chi connectivity index (χ0v) is 11.2. The van der Waals surface area contributed by atoms with Crippen LogP contribution in [0, 0.1) is 17.5 Å². The van der Waals surface area contributed by atoms with Crippen molar-refractivity contribution >= 4 is 11.3 Å². The molecular weight excluding hydrogens is 271 g/mol. The molecule has 1 atom stereocenters. The van der Waals surface area contributed by atoms with Crippen LogP contribution in [-0.4, -0.2) is 0 Å². The third kappa shape index (κ3) is 2.82. The first-order valence-corrected chi connectivity index (χ1v) is 6.85. The standard InChI is InChI=1S/C14H14F3NS/c1-2-3-10(18)12-7-6-11(19-12)8-4-5-9(15)14(17)13(8)16/h4-7,10H,2-3,18H2,1H3. The summed E-state index contributed by atoms with van der Waals surface area (Å²) in [5.41, 5.74) is 6.04. The van der Waals surface area contributed by atoms with Gasteiger partial charge in [0.25, 0.3) is 0 Å². The van der Waals surface area contributed by atoms with Crippen LogP contribution in [0.2, 0.25) is 0 Å². The van der Waals surface area contributed by atoms with E-state index in [1.807, 2.05) is 6.92 Å². The molecule has 0 aliphatic carbocycles. The lowest BCUT2D eigenvalue weighted by Crippen LogP contribution is -2.07. The lowest BCUT2D eigenvalue weighted by molar-refractivity contribution is 0.449. The van der Waals surface area contributed by atoms with E-state index in [-0.39, 0.29) is 11.6 Å². The number of thiophene rings is 1. The van der Waals surface area contributed by atoms with Crippen molar-refractivity contribution in [3.63, 3.8) is 0 Å². The zero-order valence-electron chi connectivity index (χ0n) is 10.4. The van der Waals surface area contributed by atoms with E-state index in [0.717, 1.165) is 23.8 Å². The first-order chi connectivity index (χ1) is 9.04. The molecule has 5 heteroatoms. The Kier molecular flexibility index (Phi) is 4.27. The molecule has 0 saturated heterocycles. The third-order valence-electron chi connectivity index (χ3n) is 2.89. The number of nitrogens with two attached hydrogens (primary N) is 1. The van der Waals surface area contributed by atoms with E-state index in [2.05, 4.69) is 0 Å². The highest BCUT2D eigenvalue weighted by atomic mass is 32.1. The predicted molar refractivity (Wildman–Crippen MR) is 71.5 cm³/mol. The summed E-state index contributed by atoms with van der Waals surface area (Å²) in [5, 5.41) is 0. The van der Waals surface area contributed by atoms with Crippen LogP contribution < -0.4 is 5.73 Å². The monoisotopic (exact) mass is 285 g/mol. The molecular formula is C14H14F3NS. The molecule has 1 aromatic carbocycles. The van der Waals surface area contributed by atoms with Gasteiger partial charge in [0.05, 0.1) is 0 Å². The highest BCUT2D eigenvalue weighted by Crippen LogP contribution is 2.34. The Bertz CT molecular complexity index is 580. The van der Waals surface area contributed by atoms with Crippen LogP contribution in [0.3, 0.4) is 0 Å². The summed E-state index contributed by atoms with van der Waals surface area (Å²) >= 11 is 1.31. The van der Waals surface area contributed by atoms with Gasteiger partial charge in [-0.05, 0) is 30.7 Å². The number of hydrogen-bond donors (Lipinski definition) is 1. The smallest absolute Gasteiger partial charge is 0.195 e. The van der Waals surface area contributed by atoms with Gasteiger partial charge >= 0.3 is 0 Å². The van der Waals surface area contributed by atoms with Crippen molar-refractivity contribution < 1.29 is 13.2 Å². The van der Waals surface area contributed by atoms with E-state index < -0.39 is 17.5 Å². The molecule has 0 spiro atoms. The molecule has 102 valence electrons. The van der Waals surface area contributed by atoms with E-state index in [1.165, 1.54) is 17.4 Å². The molecule has 2 rings (SSSR count). The summed E-state index contributed by atoms with van der Waals surface area (Å²) in [6.45, 7) is 2.03. The van der Waals surface area contributed by atoms with E-state index in [9.17, 15) is 13.2 Å². The lowest BCUT2D eigenvalue weighted by atomic mass is 10.1. The van der Waals surface area contributed by atoms with Crippen molar-refractivity contribution in [1.29, 1.82) is 0 Å². The fourth-order valence-electron chi connectivity index (χ4n) is 1.87. The van der Waals surface area contributed by atoms with E-state index >= 15 is 0 Å². The van der Waals surface area contributed by atoms with E-state index in [4.69, 9.17) is 5.73 Å². The number of hydrogen-bond acceptors (Lipinski definition) is 2. The maximum Gasteiger partial charge on any atom is 0.195 e. The van der Waals surface area contributed by atoms with Gasteiger partial charge in [0.15, 0.2) is 17.5 Å². The average molecular weight is 285 g/mol. The molecule has 0 aliphatic rings. The average Bonchev–Trinajstić information content (AvgIpc) is 2.86. The van der Waals surface area contributed by atoms with Gasteiger partial charge in [-0.1, -0.05) is 13.3 Å². The summed E-state index contributed by atoms with van der Waals surface area (Å²) in [6.07, 6.45) is 1.79. The molecule has 19 heavy (non-hydrogen) atoms. The molecule has 2 N–H and O–H groups in total. The second-order valence-electron chi connectivity index (χ2n) is 4.32. The maximum atomic E-state index is 13.7. The highest BCUT2D eigenvalue weighted by Gasteiger charge is 2.17. The van der Waals surface area contributed by atoms with Crippen LogP contribution >= 0.6 is 11.3 Å². The normalized spacial score (nSPS) is 12.7. The maximum absolute atomic E-state index is 13.7. The van der Waals surface area contributed by atoms with Gasteiger partial charge in [-0.25, -0.2) is 13.2 Å². The Balaban J connectivity index is 2.36. The van der Waals surface area contributed by atoms with E-state index in [1.54, 1.807) is 12.1 Å². The van der Waals surface area contributed by atoms with Crippen LogP contribution in [0.15, 0.2) is 24.3 Å². The number of benzene rings is 1. The molecule has 0 bridgehead atoms. The largest absolute Gasteiger partial charge is 0.323 e. The first-order valence-electron chi connectivity index (χ1n) is 6.03. The second-order valence-corrected chi connectivity index (χ2v) is 5.44.